The number of nitrogens with zero attached hydrogens (tertiary/aromatic N) is 2. The normalized spacial score (nSPS) is 10.4. The molecule has 0 saturated heterocycles. The van der Waals surface area contributed by atoms with Crippen LogP contribution >= 0.6 is 23.1 Å². The van der Waals surface area contributed by atoms with Crippen molar-refractivity contribution in [2.24, 2.45) is 0 Å². The number of nitrogens with one attached hydrogen (secondary N) is 2. The summed E-state index contributed by atoms with van der Waals surface area (Å²) in [4.78, 5) is 23.2. The van der Waals surface area contributed by atoms with E-state index < -0.39 is 0 Å². The van der Waals surface area contributed by atoms with Crippen LogP contribution in [0.5, 0.6) is 0 Å². The summed E-state index contributed by atoms with van der Waals surface area (Å²) in [5.74, 6) is 0.0290. The number of carbonyl (C=O) groups excluding carboxylic acids is 2. The van der Waals surface area contributed by atoms with E-state index in [2.05, 4.69) is 20.8 Å². The van der Waals surface area contributed by atoms with E-state index in [1.54, 1.807) is 6.92 Å². The zero-order valence-corrected chi connectivity index (χ0v) is 14.8. The molecule has 0 radical (unpaired) electrons. The van der Waals surface area contributed by atoms with E-state index in [-0.39, 0.29) is 17.6 Å². The lowest BCUT2D eigenvalue weighted by Gasteiger charge is -2.06. The summed E-state index contributed by atoms with van der Waals surface area (Å²) < 4.78 is 0.645. The van der Waals surface area contributed by atoms with Gasteiger partial charge in [0.05, 0.1) is 5.75 Å². The van der Waals surface area contributed by atoms with Gasteiger partial charge in [0, 0.05) is 12.1 Å². The van der Waals surface area contributed by atoms with Crippen LogP contribution in [0.3, 0.4) is 0 Å². The van der Waals surface area contributed by atoms with Crippen LogP contribution in [0, 0.1) is 13.8 Å². The molecule has 2 amide bonds. The van der Waals surface area contributed by atoms with E-state index in [4.69, 9.17) is 0 Å². The van der Waals surface area contributed by atoms with E-state index in [1.807, 2.05) is 32.0 Å². The van der Waals surface area contributed by atoms with Crippen molar-refractivity contribution in [1.29, 1.82) is 0 Å². The van der Waals surface area contributed by atoms with Gasteiger partial charge in [-0.05, 0) is 37.1 Å². The van der Waals surface area contributed by atoms with Gasteiger partial charge in [-0.25, -0.2) is 0 Å². The molecule has 122 valence electrons. The number of aryl methyl sites for hydroxylation is 2. The third-order valence-corrected chi connectivity index (χ3v) is 5.06. The largest absolute Gasteiger partial charge is 0.325 e. The van der Waals surface area contributed by atoms with Crippen LogP contribution in [0.15, 0.2) is 22.5 Å². The van der Waals surface area contributed by atoms with Gasteiger partial charge < -0.3 is 10.6 Å². The minimum atomic E-state index is -0.106. The average Bonchev–Trinajstić information content (AvgIpc) is 2.96. The highest BCUT2D eigenvalue weighted by molar-refractivity contribution is 8.01. The molecule has 0 unspecified atom stereocenters. The topological polar surface area (TPSA) is 84.0 Å². The molecule has 0 aliphatic carbocycles. The average molecular weight is 350 g/mol. The first-order valence-corrected chi connectivity index (χ1v) is 8.91. The number of thioether (sulfide) groups is 1. The number of carbonyl (C=O) groups is 2. The van der Waals surface area contributed by atoms with Crippen molar-refractivity contribution in [3.05, 3.63) is 29.3 Å². The van der Waals surface area contributed by atoms with E-state index in [1.165, 1.54) is 28.7 Å². The van der Waals surface area contributed by atoms with Gasteiger partial charge in [0.2, 0.25) is 16.9 Å². The van der Waals surface area contributed by atoms with Crippen molar-refractivity contribution >= 4 is 45.7 Å². The maximum absolute atomic E-state index is 12.0. The van der Waals surface area contributed by atoms with Crippen LogP contribution in [0.4, 0.5) is 10.8 Å². The van der Waals surface area contributed by atoms with Crippen molar-refractivity contribution in [1.82, 2.24) is 10.2 Å². The van der Waals surface area contributed by atoms with Crippen molar-refractivity contribution in [2.45, 2.75) is 31.5 Å². The molecule has 1 aromatic carbocycles. The number of amides is 2. The van der Waals surface area contributed by atoms with Crippen LogP contribution in [-0.4, -0.2) is 27.8 Å². The molecule has 1 heterocycles. The molecule has 0 aliphatic heterocycles. The Morgan fingerprint density at radius 2 is 1.91 bits per heavy atom. The van der Waals surface area contributed by atoms with Crippen LogP contribution < -0.4 is 10.6 Å². The Morgan fingerprint density at radius 1 is 1.13 bits per heavy atom. The molecule has 8 heteroatoms. The van der Waals surface area contributed by atoms with Crippen LogP contribution in [0.25, 0.3) is 0 Å². The van der Waals surface area contributed by atoms with Gasteiger partial charge in [0.1, 0.15) is 0 Å². The Balaban J connectivity index is 1.84. The standard InChI is InChI=1S/C15H18N4O2S2/c1-4-12(20)17-14-18-19-15(23-14)22-8-13(21)16-11-6-5-9(2)10(3)7-11/h5-7H,4,8H2,1-3H3,(H,16,21)(H,17,18,20). The van der Waals surface area contributed by atoms with E-state index in [9.17, 15) is 9.59 Å². The van der Waals surface area contributed by atoms with E-state index in [0.717, 1.165) is 11.3 Å². The summed E-state index contributed by atoms with van der Waals surface area (Å²) in [6, 6.07) is 5.81. The number of hydrogen-bond acceptors (Lipinski definition) is 6. The van der Waals surface area contributed by atoms with Gasteiger partial charge in [-0.3, -0.25) is 9.59 Å². The highest BCUT2D eigenvalue weighted by atomic mass is 32.2. The van der Waals surface area contributed by atoms with Gasteiger partial charge >= 0.3 is 0 Å². The Morgan fingerprint density at radius 3 is 2.61 bits per heavy atom. The fourth-order valence-corrected chi connectivity index (χ4v) is 3.24. The highest BCUT2D eigenvalue weighted by Crippen LogP contribution is 2.25. The van der Waals surface area contributed by atoms with Crippen molar-refractivity contribution in [3.63, 3.8) is 0 Å². The number of hydrogen-bond donors (Lipinski definition) is 2. The second kappa shape index (κ2) is 8.07. The van der Waals surface area contributed by atoms with Crippen LogP contribution in [-0.2, 0) is 9.59 Å². The molecule has 23 heavy (non-hydrogen) atoms. The maximum Gasteiger partial charge on any atom is 0.234 e. The lowest BCUT2D eigenvalue weighted by atomic mass is 10.1. The minimum Gasteiger partial charge on any atom is -0.325 e. The molecule has 2 aromatic rings. The monoisotopic (exact) mass is 350 g/mol. The predicted molar refractivity (Wildman–Crippen MR) is 94.1 cm³/mol. The molecular weight excluding hydrogens is 332 g/mol. The summed E-state index contributed by atoms with van der Waals surface area (Å²) in [5, 5.41) is 13.8. The van der Waals surface area contributed by atoms with Crippen molar-refractivity contribution in [3.8, 4) is 0 Å². The lowest BCUT2D eigenvalue weighted by Crippen LogP contribution is -2.14. The third kappa shape index (κ3) is 5.33. The smallest absolute Gasteiger partial charge is 0.234 e. The molecule has 0 bridgehead atoms. The van der Waals surface area contributed by atoms with Gasteiger partial charge in [-0.2, -0.15) is 0 Å². The summed E-state index contributed by atoms with van der Waals surface area (Å²) in [6.07, 6.45) is 0.389. The highest BCUT2D eigenvalue weighted by Gasteiger charge is 2.10. The first kappa shape index (κ1) is 17.4. The van der Waals surface area contributed by atoms with Crippen LogP contribution in [0.1, 0.15) is 24.5 Å². The van der Waals surface area contributed by atoms with Gasteiger partial charge in [-0.1, -0.05) is 36.1 Å². The molecule has 0 spiro atoms. The summed E-state index contributed by atoms with van der Waals surface area (Å²) in [5.41, 5.74) is 3.11. The molecule has 0 fully saturated rings. The minimum absolute atomic E-state index is 0.104. The van der Waals surface area contributed by atoms with Crippen molar-refractivity contribution < 1.29 is 9.59 Å². The Labute approximate surface area is 143 Å². The lowest BCUT2D eigenvalue weighted by molar-refractivity contribution is -0.116. The first-order valence-electron chi connectivity index (χ1n) is 7.11. The van der Waals surface area contributed by atoms with Gasteiger partial charge in [0.15, 0.2) is 4.34 Å². The summed E-state index contributed by atoms with van der Waals surface area (Å²) >= 11 is 2.55. The number of anilines is 2. The maximum atomic E-state index is 12.0. The molecular formula is C15H18N4O2S2. The fourth-order valence-electron chi connectivity index (χ4n) is 1.67. The Bertz CT molecular complexity index is 715. The molecule has 0 aliphatic rings. The zero-order valence-electron chi connectivity index (χ0n) is 13.2. The van der Waals surface area contributed by atoms with E-state index in [0.29, 0.717) is 15.9 Å². The molecule has 2 N–H and O–H groups in total. The summed E-state index contributed by atoms with van der Waals surface area (Å²) in [7, 11) is 0. The SMILES string of the molecule is CCC(=O)Nc1nnc(SCC(=O)Nc2ccc(C)c(C)c2)s1. The van der Waals surface area contributed by atoms with Gasteiger partial charge in [0.25, 0.3) is 0 Å². The molecule has 0 saturated carbocycles. The quantitative estimate of drug-likeness (QED) is 0.617. The Kier molecular flexibility index (Phi) is 6.12. The van der Waals surface area contributed by atoms with Crippen LogP contribution in [0.2, 0.25) is 0 Å². The molecule has 1 aromatic heterocycles. The number of benzene rings is 1. The third-order valence-electron chi connectivity index (χ3n) is 3.09. The zero-order chi connectivity index (χ0) is 16.8. The first-order chi connectivity index (χ1) is 11.0. The van der Waals surface area contributed by atoms with E-state index >= 15 is 0 Å². The molecule has 6 nitrogen and oxygen atoms in total. The van der Waals surface area contributed by atoms with Gasteiger partial charge in [-0.15, -0.1) is 10.2 Å². The molecule has 0 atom stereocenters. The predicted octanol–water partition coefficient (Wildman–Crippen LogP) is 3.23. The number of aromatic nitrogens is 2. The molecule has 2 rings (SSSR count). The second-order valence-electron chi connectivity index (χ2n) is 4.91. The fraction of sp³-hybridized carbons (Fsp3) is 0.333. The van der Waals surface area contributed by atoms with Crippen molar-refractivity contribution in [2.75, 3.05) is 16.4 Å². The Hall–Kier alpha value is -1.93. The number of rotatable bonds is 6. The second-order valence-corrected chi connectivity index (χ2v) is 7.11. The summed E-state index contributed by atoms with van der Waals surface area (Å²) in [6.45, 7) is 5.80.